The number of thiazole rings is 1. The quantitative estimate of drug-likeness (QED) is 0.149. The fourth-order valence-electron chi connectivity index (χ4n) is 3.44. The largest absolute Gasteiger partial charge is 0.497 e. The molecule has 12 nitrogen and oxygen atoms in total. The van der Waals surface area contributed by atoms with E-state index in [4.69, 9.17) is 15.2 Å². The number of anilines is 2. The minimum Gasteiger partial charge on any atom is -0.497 e. The van der Waals surface area contributed by atoms with Crippen LogP contribution in [0.4, 0.5) is 15.1 Å². The van der Waals surface area contributed by atoms with Gasteiger partial charge < -0.3 is 25.7 Å². The molecule has 0 aliphatic heterocycles. The zero-order valence-corrected chi connectivity index (χ0v) is 24.5. The number of sulfonamides is 1. The van der Waals surface area contributed by atoms with Crippen molar-refractivity contribution in [3.63, 3.8) is 0 Å². The number of aromatic nitrogens is 1. The molecule has 1 aromatic heterocycles. The van der Waals surface area contributed by atoms with E-state index in [2.05, 4.69) is 10.3 Å². The summed E-state index contributed by atoms with van der Waals surface area (Å²) in [5.74, 6) is -1.90. The van der Waals surface area contributed by atoms with Gasteiger partial charge in [0.2, 0.25) is 5.91 Å². The topological polar surface area (TPSA) is 164 Å². The molecular weight excluding hydrogens is 577 g/mol. The number of amides is 1. The Morgan fingerprint density at radius 2 is 1.88 bits per heavy atom. The number of rotatable bonds is 13. The number of carbonyl (C=O) groups is 2. The van der Waals surface area contributed by atoms with Gasteiger partial charge in [-0.05, 0) is 41.8 Å². The Kier molecular flexibility index (Phi) is 10.8. The van der Waals surface area contributed by atoms with E-state index in [1.54, 1.807) is 24.3 Å². The molecule has 0 saturated heterocycles. The van der Waals surface area contributed by atoms with Crippen molar-refractivity contribution in [2.24, 2.45) is 11.7 Å². The first-order valence-electron chi connectivity index (χ1n) is 12.4. The number of halogens is 1. The number of esters is 1. The minimum absolute atomic E-state index is 0.00512. The van der Waals surface area contributed by atoms with Gasteiger partial charge in [0.1, 0.15) is 16.6 Å². The van der Waals surface area contributed by atoms with Gasteiger partial charge in [-0.15, -0.1) is 11.3 Å². The molecule has 0 aliphatic carbocycles. The lowest BCUT2D eigenvalue weighted by Crippen LogP contribution is -2.39. The zero-order valence-electron chi connectivity index (χ0n) is 22.9. The van der Waals surface area contributed by atoms with Crippen LogP contribution in [0.3, 0.4) is 0 Å². The molecule has 0 radical (unpaired) electrons. The summed E-state index contributed by atoms with van der Waals surface area (Å²) >= 11 is 0.916. The molecule has 0 aliphatic rings. The SMILES string of the molecule is COc1ccc(CN(c2scnc2C(=O)OCC(C)C)S(=O)(=O)c2ccc(NC(=O)CC(N)N(C)O)c(F)c2)cc1. The Bertz CT molecular complexity index is 1460. The molecule has 3 rings (SSSR count). The second-order valence-electron chi connectivity index (χ2n) is 9.39. The Hall–Kier alpha value is -3.63. The van der Waals surface area contributed by atoms with E-state index >= 15 is 4.39 Å². The van der Waals surface area contributed by atoms with E-state index in [9.17, 15) is 23.2 Å². The first-order chi connectivity index (χ1) is 19.3. The number of nitrogens with one attached hydrogen (secondary N) is 1. The van der Waals surface area contributed by atoms with Crippen molar-refractivity contribution in [2.45, 2.75) is 37.9 Å². The monoisotopic (exact) mass is 609 g/mol. The van der Waals surface area contributed by atoms with Crippen LogP contribution in [0.1, 0.15) is 36.3 Å². The molecule has 3 aromatic rings. The molecule has 4 N–H and O–H groups in total. The van der Waals surface area contributed by atoms with Gasteiger partial charge >= 0.3 is 5.97 Å². The molecular formula is C26H32FN5O7S2. The van der Waals surface area contributed by atoms with Gasteiger partial charge in [0.15, 0.2) is 5.69 Å². The van der Waals surface area contributed by atoms with Crippen molar-refractivity contribution in [2.75, 3.05) is 30.4 Å². The van der Waals surface area contributed by atoms with Crippen LogP contribution in [0.2, 0.25) is 0 Å². The fraction of sp³-hybridized carbons (Fsp3) is 0.346. The maximum atomic E-state index is 15.1. The second kappa shape index (κ2) is 13.8. The van der Waals surface area contributed by atoms with E-state index < -0.39 is 38.8 Å². The fourth-order valence-corrected chi connectivity index (χ4v) is 5.92. The molecule has 1 unspecified atom stereocenters. The number of nitrogens with zero attached hydrogens (tertiary/aromatic N) is 3. The Morgan fingerprint density at radius 3 is 2.46 bits per heavy atom. The van der Waals surface area contributed by atoms with Crippen molar-refractivity contribution < 1.29 is 37.1 Å². The first-order valence-corrected chi connectivity index (χ1v) is 14.7. The van der Waals surface area contributed by atoms with E-state index in [1.807, 2.05) is 13.8 Å². The lowest BCUT2D eigenvalue weighted by Gasteiger charge is -2.24. The van der Waals surface area contributed by atoms with Crippen molar-refractivity contribution in [1.82, 2.24) is 10.0 Å². The van der Waals surface area contributed by atoms with Gasteiger partial charge in [0.05, 0.1) is 48.9 Å². The van der Waals surface area contributed by atoms with Crippen LogP contribution in [0.5, 0.6) is 5.75 Å². The van der Waals surface area contributed by atoms with Gasteiger partial charge in [-0.25, -0.2) is 22.6 Å². The molecule has 15 heteroatoms. The molecule has 0 saturated carbocycles. The third-order valence-corrected chi connectivity index (χ3v) is 8.38. The van der Waals surface area contributed by atoms with Crippen molar-refractivity contribution >= 4 is 43.9 Å². The predicted octanol–water partition coefficient (Wildman–Crippen LogP) is 3.43. The smallest absolute Gasteiger partial charge is 0.360 e. The lowest BCUT2D eigenvalue weighted by molar-refractivity contribution is -0.127. The summed E-state index contributed by atoms with van der Waals surface area (Å²) < 4.78 is 54.3. The highest BCUT2D eigenvalue weighted by Gasteiger charge is 2.32. The second-order valence-corrected chi connectivity index (χ2v) is 12.1. The summed E-state index contributed by atoms with van der Waals surface area (Å²) in [4.78, 5) is 28.6. The number of hydrogen-bond donors (Lipinski definition) is 3. The zero-order chi connectivity index (χ0) is 30.3. The number of nitrogens with two attached hydrogens (primary N) is 1. The summed E-state index contributed by atoms with van der Waals surface area (Å²) in [7, 11) is -1.71. The molecule has 2 aromatic carbocycles. The summed E-state index contributed by atoms with van der Waals surface area (Å²) in [5, 5.41) is 12.3. The highest BCUT2D eigenvalue weighted by atomic mass is 32.2. The Balaban J connectivity index is 1.98. The maximum absolute atomic E-state index is 15.1. The minimum atomic E-state index is -4.47. The van der Waals surface area contributed by atoms with Gasteiger partial charge in [0, 0.05) is 7.05 Å². The Labute approximate surface area is 241 Å². The van der Waals surface area contributed by atoms with Gasteiger partial charge in [-0.1, -0.05) is 26.0 Å². The molecule has 222 valence electrons. The highest BCUT2D eigenvalue weighted by molar-refractivity contribution is 7.93. The summed E-state index contributed by atoms with van der Waals surface area (Å²) in [6.45, 7) is 3.61. The van der Waals surface area contributed by atoms with E-state index in [-0.39, 0.29) is 41.9 Å². The maximum Gasteiger partial charge on any atom is 0.360 e. The molecule has 0 spiro atoms. The third-order valence-electron chi connectivity index (χ3n) is 5.68. The normalized spacial score (nSPS) is 12.3. The molecule has 0 bridgehead atoms. The molecule has 0 fully saturated rings. The van der Waals surface area contributed by atoms with E-state index in [0.29, 0.717) is 16.4 Å². The number of ether oxygens (including phenoxy) is 2. The summed E-state index contributed by atoms with van der Waals surface area (Å²) in [6.07, 6.45) is -1.37. The number of methoxy groups -OCH3 is 1. The first kappa shape index (κ1) is 31.9. The third kappa shape index (κ3) is 8.20. The standard InChI is InChI=1S/C26H32FN5O7S2/c1-16(2)14-39-26(34)24-25(40-15-29-24)32(13-17-5-7-18(38-4)8-6-17)41(36,37)19-9-10-21(20(27)11-19)30-23(33)12-22(28)31(3)35/h5-11,15-16,22,35H,12-14,28H2,1-4H3,(H,30,33). The number of carbonyl (C=O) groups excluding carboxylic acids is 2. The van der Waals surface area contributed by atoms with Crippen LogP contribution in [-0.2, 0) is 26.1 Å². The molecule has 41 heavy (non-hydrogen) atoms. The van der Waals surface area contributed by atoms with Crippen molar-refractivity contribution in [1.29, 1.82) is 0 Å². The van der Waals surface area contributed by atoms with Crippen LogP contribution in [0.15, 0.2) is 52.9 Å². The highest BCUT2D eigenvalue weighted by Crippen LogP contribution is 2.34. The van der Waals surface area contributed by atoms with Crippen LogP contribution < -0.4 is 20.1 Å². The van der Waals surface area contributed by atoms with E-state index in [1.165, 1.54) is 19.7 Å². The summed E-state index contributed by atoms with van der Waals surface area (Å²) in [6, 6.07) is 9.63. The molecule has 1 amide bonds. The van der Waals surface area contributed by atoms with Gasteiger partial charge in [-0.3, -0.25) is 9.10 Å². The average molecular weight is 610 g/mol. The van der Waals surface area contributed by atoms with Crippen LogP contribution in [0, 0.1) is 11.7 Å². The van der Waals surface area contributed by atoms with E-state index in [0.717, 1.165) is 33.8 Å². The van der Waals surface area contributed by atoms with Gasteiger partial charge in [0.25, 0.3) is 10.0 Å². The lowest BCUT2D eigenvalue weighted by atomic mass is 10.2. The number of hydroxylamine groups is 2. The van der Waals surface area contributed by atoms with Crippen molar-refractivity contribution in [3.8, 4) is 5.75 Å². The summed E-state index contributed by atoms with van der Waals surface area (Å²) in [5.41, 5.74) is 7.02. The van der Waals surface area contributed by atoms with Crippen LogP contribution in [0.25, 0.3) is 0 Å². The number of hydrogen-bond acceptors (Lipinski definition) is 11. The molecule has 1 heterocycles. The average Bonchev–Trinajstić information content (AvgIpc) is 3.41. The van der Waals surface area contributed by atoms with Crippen LogP contribution >= 0.6 is 11.3 Å². The van der Waals surface area contributed by atoms with Crippen LogP contribution in [-0.4, -0.2) is 62.5 Å². The van der Waals surface area contributed by atoms with Gasteiger partial charge in [-0.2, -0.15) is 5.06 Å². The molecule has 1 atom stereocenters. The Morgan fingerprint density at radius 1 is 1.20 bits per heavy atom. The predicted molar refractivity (Wildman–Crippen MR) is 151 cm³/mol. The number of benzene rings is 2. The van der Waals surface area contributed by atoms with Crippen molar-refractivity contribution in [3.05, 3.63) is 65.0 Å².